The predicted molar refractivity (Wildman–Crippen MR) is 104 cm³/mol. The summed E-state index contributed by atoms with van der Waals surface area (Å²) in [6, 6.07) is 12.1. The molecule has 0 saturated heterocycles. The Balaban J connectivity index is 1.53. The van der Waals surface area contributed by atoms with E-state index in [0.717, 1.165) is 5.56 Å². The Morgan fingerprint density at radius 3 is 2.57 bits per heavy atom. The first kappa shape index (κ1) is 18.6. The quantitative estimate of drug-likeness (QED) is 0.692. The number of aliphatic imine (C=N–C) groups is 1. The van der Waals surface area contributed by atoms with Crippen LogP contribution in [0.2, 0.25) is 5.02 Å². The lowest BCUT2D eigenvalue weighted by Gasteiger charge is -2.18. The number of carbonyl (C=O) groups is 1. The molecule has 0 saturated carbocycles. The van der Waals surface area contributed by atoms with Crippen molar-refractivity contribution in [3.63, 3.8) is 0 Å². The van der Waals surface area contributed by atoms with E-state index in [1.807, 2.05) is 37.3 Å². The number of carbonyl (C=O) groups excluding carboxylic acids is 1. The molecule has 0 aliphatic carbocycles. The van der Waals surface area contributed by atoms with Crippen LogP contribution in [-0.4, -0.2) is 24.2 Å². The maximum atomic E-state index is 12.7. The molecule has 0 aromatic heterocycles. The van der Waals surface area contributed by atoms with Gasteiger partial charge in [0, 0.05) is 25.0 Å². The molecule has 0 spiro atoms. The minimum Gasteiger partial charge on any atom is -0.470 e. The summed E-state index contributed by atoms with van der Waals surface area (Å²) in [6.07, 6.45) is -0.307. The fourth-order valence-corrected chi connectivity index (χ4v) is 3.45. The molecule has 4 rings (SSSR count). The second-order valence-electron chi connectivity index (χ2n) is 6.62. The zero-order valence-corrected chi connectivity index (χ0v) is 16.3. The molecule has 6 nitrogen and oxygen atoms in total. The number of esters is 1. The number of ether oxygens (including phenoxy) is 4. The lowest BCUT2D eigenvalue weighted by atomic mass is 10.0. The van der Waals surface area contributed by atoms with E-state index in [1.165, 1.54) is 0 Å². The molecule has 0 bridgehead atoms. The van der Waals surface area contributed by atoms with Crippen molar-refractivity contribution >= 4 is 23.5 Å². The first-order valence-electron chi connectivity index (χ1n) is 9.13. The summed E-state index contributed by atoms with van der Waals surface area (Å²) in [5.74, 6) is 1.10. The average molecular weight is 402 g/mol. The van der Waals surface area contributed by atoms with Crippen molar-refractivity contribution in [2.45, 2.75) is 45.3 Å². The molecule has 0 N–H and O–H groups in total. The second kappa shape index (κ2) is 7.72. The Hall–Kier alpha value is -2.73. The van der Waals surface area contributed by atoms with Crippen LogP contribution in [-0.2, 0) is 20.9 Å². The summed E-state index contributed by atoms with van der Waals surface area (Å²) < 4.78 is 22.7. The van der Waals surface area contributed by atoms with Crippen LogP contribution in [0.15, 0.2) is 47.5 Å². The van der Waals surface area contributed by atoms with Crippen molar-refractivity contribution in [1.82, 2.24) is 0 Å². The van der Waals surface area contributed by atoms with Gasteiger partial charge in [0.1, 0.15) is 6.61 Å². The molecule has 0 radical (unpaired) electrons. The standard InChI is InChI=1S/C21H20ClNO5/c1-3-18-27-16-9-14(15(22)10-17(16)28-18)20-19(23-12(2)26-20)21(24)25-11-13-7-5-4-6-8-13/h4-10,18-20H,3,11H2,1-2H3. The molecule has 3 unspecified atom stereocenters. The van der Waals surface area contributed by atoms with Crippen molar-refractivity contribution in [3.05, 3.63) is 58.6 Å². The SMILES string of the molecule is CCC1Oc2cc(Cl)c(C3OC(C)=NC3C(=O)OCc3ccccc3)cc2O1. The minimum absolute atomic E-state index is 0.171. The summed E-state index contributed by atoms with van der Waals surface area (Å²) >= 11 is 6.45. The minimum atomic E-state index is -0.830. The molecule has 2 aromatic carbocycles. The Labute approximate surface area is 168 Å². The zero-order chi connectivity index (χ0) is 19.7. The number of rotatable bonds is 5. The lowest BCUT2D eigenvalue weighted by Crippen LogP contribution is -2.26. The molecule has 0 amide bonds. The van der Waals surface area contributed by atoms with Crippen molar-refractivity contribution in [2.24, 2.45) is 4.99 Å². The Morgan fingerprint density at radius 1 is 1.14 bits per heavy atom. The van der Waals surface area contributed by atoms with Gasteiger partial charge in [0.25, 0.3) is 0 Å². The molecular weight excluding hydrogens is 382 g/mol. The van der Waals surface area contributed by atoms with Gasteiger partial charge < -0.3 is 18.9 Å². The first-order chi connectivity index (χ1) is 13.5. The number of nitrogens with zero attached hydrogens (tertiary/aromatic N) is 1. The molecule has 2 aliphatic rings. The van der Waals surface area contributed by atoms with E-state index in [9.17, 15) is 4.79 Å². The highest BCUT2D eigenvalue weighted by atomic mass is 35.5. The van der Waals surface area contributed by atoms with E-state index >= 15 is 0 Å². The molecule has 146 valence electrons. The molecule has 3 atom stereocenters. The van der Waals surface area contributed by atoms with E-state index in [-0.39, 0.29) is 12.9 Å². The molecular formula is C21H20ClNO5. The van der Waals surface area contributed by atoms with Gasteiger partial charge in [-0.3, -0.25) is 0 Å². The van der Waals surface area contributed by atoms with Gasteiger partial charge in [-0.25, -0.2) is 9.79 Å². The van der Waals surface area contributed by atoms with Gasteiger partial charge in [-0.05, 0) is 11.6 Å². The molecule has 2 aromatic rings. The first-order valence-corrected chi connectivity index (χ1v) is 9.51. The third-order valence-electron chi connectivity index (χ3n) is 4.59. The normalized spacial score (nSPS) is 22.5. The van der Waals surface area contributed by atoms with E-state index in [2.05, 4.69) is 4.99 Å². The van der Waals surface area contributed by atoms with Crippen molar-refractivity contribution in [3.8, 4) is 11.5 Å². The largest absolute Gasteiger partial charge is 0.470 e. The van der Waals surface area contributed by atoms with Crippen molar-refractivity contribution < 1.29 is 23.7 Å². The van der Waals surface area contributed by atoms with E-state index in [4.69, 9.17) is 30.5 Å². The van der Waals surface area contributed by atoms with E-state index in [1.54, 1.807) is 19.1 Å². The van der Waals surface area contributed by atoms with Crippen LogP contribution in [0.1, 0.15) is 37.5 Å². The summed E-state index contributed by atoms with van der Waals surface area (Å²) in [6.45, 7) is 3.84. The maximum Gasteiger partial charge on any atom is 0.335 e. The van der Waals surface area contributed by atoms with Crippen LogP contribution in [0.25, 0.3) is 0 Å². The molecule has 28 heavy (non-hydrogen) atoms. The second-order valence-corrected chi connectivity index (χ2v) is 7.03. The van der Waals surface area contributed by atoms with Gasteiger partial charge in [0.2, 0.25) is 6.29 Å². The number of hydrogen-bond acceptors (Lipinski definition) is 6. The van der Waals surface area contributed by atoms with E-state index in [0.29, 0.717) is 34.4 Å². The Kier molecular flexibility index (Phi) is 5.13. The van der Waals surface area contributed by atoms with Crippen molar-refractivity contribution in [1.29, 1.82) is 0 Å². The summed E-state index contributed by atoms with van der Waals surface area (Å²) in [7, 11) is 0. The predicted octanol–water partition coefficient (Wildman–Crippen LogP) is 4.45. The summed E-state index contributed by atoms with van der Waals surface area (Å²) in [5.41, 5.74) is 1.52. The number of hydrogen-bond donors (Lipinski definition) is 0. The monoisotopic (exact) mass is 401 g/mol. The van der Waals surface area contributed by atoms with Crippen LogP contribution < -0.4 is 9.47 Å². The number of fused-ring (bicyclic) bond motifs is 1. The summed E-state index contributed by atoms with van der Waals surface area (Å²) in [4.78, 5) is 17.0. The molecule has 7 heteroatoms. The molecule has 0 fully saturated rings. The Bertz CT molecular complexity index is 915. The summed E-state index contributed by atoms with van der Waals surface area (Å²) in [5, 5.41) is 0.426. The van der Waals surface area contributed by atoms with Gasteiger partial charge >= 0.3 is 5.97 Å². The highest BCUT2D eigenvalue weighted by Crippen LogP contribution is 2.44. The van der Waals surface area contributed by atoms with Gasteiger partial charge in [0.15, 0.2) is 29.5 Å². The topological polar surface area (TPSA) is 66.4 Å². The fourth-order valence-electron chi connectivity index (χ4n) is 3.19. The lowest BCUT2D eigenvalue weighted by molar-refractivity contribution is -0.148. The van der Waals surface area contributed by atoms with Gasteiger partial charge in [-0.1, -0.05) is 48.9 Å². The third kappa shape index (κ3) is 3.64. The van der Waals surface area contributed by atoms with Crippen LogP contribution in [0.5, 0.6) is 11.5 Å². The fraction of sp³-hybridized carbons (Fsp3) is 0.333. The van der Waals surface area contributed by atoms with Crippen LogP contribution in [0.4, 0.5) is 0 Å². The number of benzene rings is 2. The van der Waals surface area contributed by atoms with Crippen LogP contribution in [0, 0.1) is 0 Å². The average Bonchev–Trinajstić information content (AvgIpc) is 3.28. The van der Waals surface area contributed by atoms with Gasteiger partial charge in [-0.15, -0.1) is 0 Å². The zero-order valence-electron chi connectivity index (χ0n) is 15.6. The van der Waals surface area contributed by atoms with Gasteiger partial charge in [-0.2, -0.15) is 0 Å². The van der Waals surface area contributed by atoms with E-state index < -0.39 is 18.1 Å². The maximum absolute atomic E-state index is 12.7. The van der Waals surface area contributed by atoms with Crippen molar-refractivity contribution in [2.75, 3.05) is 0 Å². The highest BCUT2D eigenvalue weighted by molar-refractivity contribution is 6.31. The Morgan fingerprint density at radius 2 is 1.86 bits per heavy atom. The smallest absolute Gasteiger partial charge is 0.335 e. The van der Waals surface area contributed by atoms with Gasteiger partial charge in [0.05, 0.1) is 5.02 Å². The van der Waals surface area contributed by atoms with Crippen LogP contribution in [0.3, 0.4) is 0 Å². The molecule has 2 aliphatic heterocycles. The van der Waals surface area contributed by atoms with Crippen LogP contribution >= 0.6 is 11.6 Å². The highest BCUT2D eigenvalue weighted by Gasteiger charge is 2.40. The third-order valence-corrected chi connectivity index (χ3v) is 4.92. The number of halogens is 1. The molecule has 2 heterocycles.